The molecule has 100 valence electrons. The largest absolute Gasteiger partial charge is 0.370 e. The van der Waals surface area contributed by atoms with Crippen molar-refractivity contribution in [3.63, 3.8) is 0 Å². The monoisotopic (exact) mass is 249 g/mol. The number of hydrogen-bond acceptors (Lipinski definition) is 5. The molecule has 0 aromatic carbocycles. The van der Waals surface area contributed by atoms with Crippen LogP contribution in [0.25, 0.3) is 0 Å². The molecule has 2 heterocycles. The molecule has 5 nitrogen and oxygen atoms in total. The minimum Gasteiger partial charge on any atom is -0.370 e. The molecule has 2 rings (SSSR count). The SMILES string of the molecule is CCCNc1cc(N2CCC(C)(C)C2)nc(N)n1. The summed E-state index contributed by atoms with van der Waals surface area (Å²) in [6.07, 6.45) is 2.25. The Hall–Kier alpha value is -1.52. The summed E-state index contributed by atoms with van der Waals surface area (Å²) in [6, 6.07) is 1.99. The second-order valence-corrected chi connectivity index (χ2v) is 5.73. The highest BCUT2D eigenvalue weighted by Crippen LogP contribution is 2.32. The summed E-state index contributed by atoms with van der Waals surface area (Å²) in [5.74, 6) is 2.10. The Balaban J connectivity index is 2.15. The van der Waals surface area contributed by atoms with Gasteiger partial charge < -0.3 is 16.0 Å². The van der Waals surface area contributed by atoms with Crippen LogP contribution in [0.1, 0.15) is 33.6 Å². The van der Waals surface area contributed by atoms with E-state index in [9.17, 15) is 0 Å². The van der Waals surface area contributed by atoms with E-state index in [1.807, 2.05) is 6.07 Å². The molecule has 0 atom stereocenters. The van der Waals surface area contributed by atoms with Gasteiger partial charge in [0.2, 0.25) is 5.95 Å². The first-order chi connectivity index (χ1) is 8.50. The van der Waals surface area contributed by atoms with E-state index in [0.29, 0.717) is 11.4 Å². The van der Waals surface area contributed by atoms with Crippen molar-refractivity contribution < 1.29 is 0 Å². The molecule has 0 saturated carbocycles. The van der Waals surface area contributed by atoms with Crippen LogP contribution in [0.2, 0.25) is 0 Å². The average molecular weight is 249 g/mol. The maximum atomic E-state index is 5.78. The predicted octanol–water partition coefficient (Wildman–Crippen LogP) is 2.12. The van der Waals surface area contributed by atoms with Gasteiger partial charge >= 0.3 is 0 Å². The minimum atomic E-state index is 0.343. The van der Waals surface area contributed by atoms with Gasteiger partial charge in [0.25, 0.3) is 0 Å². The van der Waals surface area contributed by atoms with Gasteiger partial charge in [-0.25, -0.2) is 0 Å². The maximum absolute atomic E-state index is 5.78. The van der Waals surface area contributed by atoms with Gasteiger partial charge in [-0.15, -0.1) is 0 Å². The van der Waals surface area contributed by atoms with Crippen LogP contribution in [0.3, 0.4) is 0 Å². The first-order valence-electron chi connectivity index (χ1n) is 6.63. The Morgan fingerprint density at radius 2 is 2.22 bits per heavy atom. The van der Waals surface area contributed by atoms with E-state index in [4.69, 9.17) is 5.73 Å². The molecule has 0 unspecified atom stereocenters. The van der Waals surface area contributed by atoms with Crippen LogP contribution in [0.4, 0.5) is 17.6 Å². The lowest BCUT2D eigenvalue weighted by molar-refractivity contribution is 0.418. The lowest BCUT2D eigenvalue weighted by Crippen LogP contribution is -2.24. The number of anilines is 3. The van der Waals surface area contributed by atoms with Crippen LogP contribution < -0.4 is 16.0 Å². The van der Waals surface area contributed by atoms with Gasteiger partial charge in [0.1, 0.15) is 11.6 Å². The zero-order chi connectivity index (χ0) is 13.2. The van der Waals surface area contributed by atoms with E-state index in [1.54, 1.807) is 0 Å². The van der Waals surface area contributed by atoms with Crippen molar-refractivity contribution >= 4 is 17.6 Å². The zero-order valence-electron chi connectivity index (χ0n) is 11.5. The lowest BCUT2D eigenvalue weighted by Gasteiger charge is -2.21. The van der Waals surface area contributed by atoms with E-state index >= 15 is 0 Å². The fourth-order valence-corrected chi connectivity index (χ4v) is 2.27. The molecule has 0 amide bonds. The molecule has 1 aliphatic heterocycles. The van der Waals surface area contributed by atoms with Crippen LogP contribution in [-0.2, 0) is 0 Å². The number of nitrogens with one attached hydrogen (secondary N) is 1. The number of aromatic nitrogens is 2. The van der Waals surface area contributed by atoms with Gasteiger partial charge in [-0.05, 0) is 18.3 Å². The molecule has 0 aliphatic carbocycles. The molecule has 1 aromatic rings. The number of rotatable bonds is 4. The Morgan fingerprint density at radius 1 is 1.44 bits per heavy atom. The van der Waals surface area contributed by atoms with Gasteiger partial charge in [0, 0.05) is 25.7 Å². The van der Waals surface area contributed by atoms with Crippen molar-refractivity contribution in [1.29, 1.82) is 0 Å². The number of hydrogen-bond donors (Lipinski definition) is 2. The van der Waals surface area contributed by atoms with Crippen molar-refractivity contribution in [3.8, 4) is 0 Å². The second kappa shape index (κ2) is 5.00. The Morgan fingerprint density at radius 3 is 2.83 bits per heavy atom. The van der Waals surface area contributed by atoms with E-state index < -0.39 is 0 Å². The summed E-state index contributed by atoms with van der Waals surface area (Å²) in [7, 11) is 0. The zero-order valence-corrected chi connectivity index (χ0v) is 11.5. The summed E-state index contributed by atoms with van der Waals surface area (Å²) in [4.78, 5) is 10.8. The maximum Gasteiger partial charge on any atom is 0.223 e. The van der Waals surface area contributed by atoms with Crippen molar-refractivity contribution in [2.45, 2.75) is 33.6 Å². The van der Waals surface area contributed by atoms with Gasteiger partial charge in [0.05, 0.1) is 0 Å². The summed E-state index contributed by atoms with van der Waals surface area (Å²) in [5.41, 5.74) is 6.14. The summed E-state index contributed by atoms with van der Waals surface area (Å²) < 4.78 is 0. The highest BCUT2D eigenvalue weighted by Gasteiger charge is 2.30. The number of nitrogen functional groups attached to an aromatic ring is 1. The van der Waals surface area contributed by atoms with Crippen LogP contribution in [0.5, 0.6) is 0 Å². The average Bonchev–Trinajstić information content (AvgIpc) is 2.66. The molecule has 18 heavy (non-hydrogen) atoms. The van der Waals surface area contributed by atoms with E-state index in [-0.39, 0.29) is 0 Å². The standard InChI is InChI=1S/C13H23N5/c1-4-6-15-10-8-11(17-12(14)16-10)18-7-5-13(2,3)9-18/h8H,4-7,9H2,1-3H3,(H3,14,15,16,17). The van der Waals surface area contributed by atoms with Gasteiger partial charge in [-0.2, -0.15) is 9.97 Å². The third kappa shape index (κ3) is 3.03. The third-order valence-electron chi connectivity index (χ3n) is 3.29. The summed E-state index contributed by atoms with van der Waals surface area (Å²) in [5, 5.41) is 3.26. The Labute approximate surface area is 109 Å². The molecular formula is C13H23N5. The number of nitrogens with two attached hydrogens (primary N) is 1. The lowest BCUT2D eigenvalue weighted by atomic mass is 9.93. The van der Waals surface area contributed by atoms with Crippen molar-refractivity contribution in [1.82, 2.24) is 9.97 Å². The normalized spacial score (nSPS) is 18.1. The molecule has 0 bridgehead atoms. The molecule has 0 radical (unpaired) electrons. The highest BCUT2D eigenvalue weighted by molar-refractivity contribution is 5.53. The molecule has 0 spiro atoms. The van der Waals surface area contributed by atoms with Crippen molar-refractivity contribution in [2.75, 3.05) is 35.6 Å². The molecule has 1 aromatic heterocycles. The summed E-state index contributed by atoms with van der Waals surface area (Å²) in [6.45, 7) is 9.66. The second-order valence-electron chi connectivity index (χ2n) is 5.73. The van der Waals surface area contributed by atoms with Crippen LogP contribution in [0.15, 0.2) is 6.07 Å². The minimum absolute atomic E-state index is 0.343. The Bertz CT molecular complexity index is 416. The fraction of sp³-hybridized carbons (Fsp3) is 0.692. The number of nitrogens with zero attached hydrogens (tertiary/aromatic N) is 3. The van der Waals surface area contributed by atoms with E-state index in [1.165, 1.54) is 6.42 Å². The van der Waals surface area contributed by atoms with Gasteiger partial charge in [-0.1, -0.05) is 20.8 Å². The van der Waals surface area contributed by atoms with E-state index in [0.717, 1.165) is 37.7 Å². The van der Waals surface area contributed by atoms with Crippen molar-refractivity contribution in [2.24, 2.45) is 5.41 Å². The fourth-order valence-electron chi connectivity index (χ4n) is 2.27. The smallest absolute Gasteiger partial charge is 0.223 e. The van der Waals surface area contributed by atoms with Crippen LogP contribution in [0, 0.1) is 5.41 Å². The Kier molecular flexibility index (Phi) is 3.59. The first kappa shape index (κ1) is 12.9. The molecular weight excluding hydrogens is 226 g/mol. The molecule has 1 aliphatic rings. The van der Waals surface area contributed by atoms with Crippen molar-refractivity contribution in [3.05, 3.63) is 6.07 Å². The quantitative estimate of drug-likeness (QED) is 0.855. The first-order valence-corrected chi connectivity index (χ1v) is 6.63. The predicted molar refractivity (Wildman–Crippen MR) is 75.8 cm³/mol. The van der Waals surface area contributed by atoms with Gasteiger partial charge in [0.15, 0.2) is 0 Å². The van der Waals surface area contributed by atoms with Crippen LogP contribution in [-0.4, -0.2) is 29.6 Å². The molecule has 1 saturated heterocycles. The molecule has 3 N–H and O–H groups in total. The van der Waals surface area contributed by atoms with Gasteiger partial charge in [-0.3, -0.25) is 0 Å². The highest BCUT2D eigenvalue weighted by atomic mass is 15.2. The third-order valence-corrected chi connectivity index (χ3v) is 3.29. The van der Waals surface area contributed by atoms with E-state index in [2.05, 4.69) is 41.0 Å². The molecule has 1 fully saturated rings. The topological polar surface area (TPSA) is 67.1 Å². The molecule has 5 heteroatoms. The van der Waals surface area contributed by atoms with Crippen LogP contribution >= 0.6 is 0 Å². The summed E-state index contributed by atoms with van der Waals surface area (Å²) >= 11 is 0.